The van der Waals surface area contributed by atoms with Gasteiger partial charge < -0.3 is 10.1 Å². The van der Waals surface area contributed by atoms with Gasteiger partial charge in [-0.1, -0.05) is 49.8 Å². The summed E-state index contributed by atoms with van der Waals surface area (Å²) in [6.07, 6.45) is 0.736. The molecule has 0 bridgehead atoms. The minimum absolute atomic E-state index is 0.0494. The lowest BCUT2D eigenvalue weighted by Gasteiger charge is -2.23. The zero-order valence-electron chi connectivity index (χ0n) is 17.1. The molecule has 2 unspecified atom stereocenters. The molecule has 156 valence electrons. The molecule has 0 saturated heterocycles. The van der Waals surface area contributed by atoms with Crippen LogP contribution in [0.15, 0.2) is 54.6 Å². The predicted octanol–water partition coefficient (Wildman–Crippen LogP) is 4.00. The molecule has 0 aliphatic rings. The van der Waals surface area contributed by atoms with E-state index in [1.807, 2.05) is 44.2 Å². The van der Waals surface area contributed by atoms with Crippen LogP contribution in [-0.2, 0) is 4.79 Å². The fourth-order valence-corrected chi connectivity index (χ4v) is 3.58. The summed E-state index contributed by atoms with van der Waals surface area (Å²) in [5, 5.41) is 14.9. The van der Waals surface area contributed by atoms with Gasteiger partial charge >= 0.3 is 0 Å². The van der Waals surface area contributed by atoms with Crippen molar-refractivity contribution in [1.29, 1.82) is 0 Å². The molecule has 0 spiro atoms. The molecule has 2 N–H and O–H groups in total. The zero-order valence-corrected chi connectivity index (χ0v) is 17.9. The number of carbonyl (C=O) groups excluding carboxylic acids is 2. The Kier molecular flexibility index (Phi) is 7.13. The lowest BCUT2D eigenvalue weighted by Crippen LogP contribution is -2.47. The van der Waals surface area contributed by atoms with E-state index >= 15 is 0 Å². The number of carbonyl (C=O) groups is 2. The molecular weight excluding hydrogens is 400 g/mol. The van der Waals surface area contributed by atoms with Gasteiger partial charge in [0.15, 0.2) is 0 Å². The van der Waals surface area contributed by atoms with Crippen LogP contribution in [0, 0.1) is 5.92 Å². The van der Waals surface area contributed by atoms with Gasteiger partial charge in [0.1, 0.15) is 16.8 Å². The van der Waals surface area contributed by atoms with Crippen LogP contribution in [0.3, 0.4) is 0 Å². The molecule has 0 aliphatic carbocycles. The maximum absolute atomic E-state index is 12.9. The summed E-state index contributed by atoms with van der Waals surface area (Å²) in [5.41, 5.74) is 1.39. The molecule has 7 nitrogen and oxygen atoms in total. The minimum atomic E-state index is -0.684. The van der Waals surface area contributed by atoms with Crippen LogP contribution in [0.1, 0.15) is 30.6 Å². The first-order valence-electron chi connectivity index (χ1n) is 9.66. The van der Waals surface area contributed by atoms with Gasteiger partial charge in [0, 0.05) is 11.1 Å². The Balaban J connectivity index is 1.71. The van der Waals surface area contributed by atoms with E-state index < -0.39 is 6.04 Å². The maximum atomic E-state index is 12.9. The van der Waals surface area contributed by atoms with Gasteiger partial charge in [0.25, 0.3) is 5.91 Å². The second kappa shape index (κ2) is 9.98. The smallest absolute Gasteiger partial charge is 0.251 e. The predicted molar refractivity (Wildman–Crippen MR) is 118 cm³/mol. The first-order valence-corrected chi connectivity index (χ1v) is 10.5. The topological polar surface area (TPSA) is 93.2 Å². The van der Waals surface area contributed by atoms with Crippen molar-refractivity contribution in [2.45, 2.75) is 26.3 Å². The molecule has 8 heteroatoms. The number of nitrogens with zero attached hydrogens (tertiary/aromatic N) is 2. The van der Waals surface area contributed by atoms with Crippen molar-refractivity contribution in [3.63, 3.8) is 0 Å². The van der Waals surface area contributed by atoms with E-state index in [9.17, 15) is 9.59 Å². The highest BCUT2D eigenvalue weighted by atomic mass is 32.1. The lowest BCUT2D eigenvalue weighted by atomic mass is 9.98. The van der Waals surface area contributed by atoms with Crippen LogP contribution < -0.4 is 15.4 Å². The Bertz CT molecular complexity index is 989. The van der Waals surface area contributed by atoms with Gasteiger partial charge in [-0.15, -0.1) is 10.2 Å². The molecular formula is C22H24N4O3S. The third kappa shape index (κ3) is 5.21. The number of ether oxygens (including phenoxy) is 1. The fraction of sp³-hybridized carbons (Fsp3) is 0.273. The normalized spacial score (nSPS) is 12.6. The van der Waals surface area contributed by atoms with E-state index in [1.54, 1.807) is 31.4 Å². The third-order valence-electron chi connectivity index (χ3n) is 4.81. The Morgan fingerprint density at radius 2 is 1.77 bits per heavy atom. The number of benzene rings is 2. The number of hydrogen-bond acceptors (Lipinski definition) is 6. The van der Waals surface area contributed by atoms with E-state index in [0.717, 1.165) is 17.7 Å². The van der Waals surface area contributed by atoms with Crippen molar-refractivity contribution < 1.29 is 14.3 Å². The van der Waals surface area contributed by atoms with E-state index in [0.29, 0.717) is 15.7 Å². The van der Waals surface area contributed by atoms with Crippen LogP contribution in [0.4, 0.5) is 5.13 Å². The van der Waals surface area contributed by atoms with Gasteiger partial charge in [-0.25, -0.2) is 0 Å². The molecule has 2 amide bonds. The van der Waals surface area contributed by atoms with Crippen molar-refractivity contribution in [3.05, 3.63) is 60.2 Å². The molecule has 0 radical (unpaired) electrons. The SMILES string of the molecule is CCC(C)C(NC(=O)c1ccccc1)C(=O)Nc1nnc(-c2ccc(OC)cc2)s1. The van der Waals surface area contributed by atoms with Crippen LogP contribution in [0.2, 0.25) is 0 Å². The Morgan fingerprint density at radius 3 is 2.40 bits per heavy atom. The minimum Gasteiger partial charge on any atom is -0.497 e. The first-order chi connectivity index (χ1) is 14.5. The number of hydrogen-bond donors (Lipinski definition) is 2. The van der Waals surface area contributed by atoms with Crippen molar-refractivity contribution in [1.82, 2.24) is 15.5 Å². The van der Waals surface area contributed by atoms with Crippen molar-refractivity contribution in [3.8, 4) is 16.3 Å². The third-order valence-corrected chi connectivity index (χ3v) is 5.70. The Labute approximate surface area is 179 Å². The van der Waals surface area contributed by atoms with Gasteiger partial charge in [-0.05, 0) is 42.3 Å². The van der Waals surface area contributed by atoms with Crippen molar-refractivity contribution >= 4 is 28.3 Å². The first kappa shape index (κ1) is 21.4. The summed E-state index contributed by atoms with van der Waals surface area (Å²) >= 11 is 1.27. The molecule has 2 atom stereocenters. The molecule has 2 aromatic carbocycles. The molecule has 3 rings (SSSR count). The quantitative estimate of drug-likeness (QED) is 0.570. The average molecular weight is 425 g/mol. The number of nitrogens with one attached hydrogen (secondary N) is 2. The van der Waals surface area contributed by atoms with Crippen LogP contribution in [0.25, 0.3) is 10.6 Å². The lowest BCUT2D eigenvalue weighted by molar-refractivity contribution is -0.119. The van der Waals surface area contributed by atoms with Crippen molar-refractivity contribution in [2.24, 2.45) is 5.92 Å². The summed E-state index contributed by atoms with van der Waals surface area (Å²) in [6.45, 7) is 3.91. The number of amides is 2. The van der Waals surface area contributed by atoms with E-state index in [4.69, 9.17) is 4.74 Å². The fourth-order valence-electron chi connectivity index (χ4n) is 2.82. The largest absolute Gasteiger partial charge is 0.497 e. The van der Waals surface area contributed by atoms with Gasteiger partial charge in [-0.3, -0.25) is 14.9 Å². The highest BCUT2D eigenvalue weighted by Crippen LogP contribution is 2.28. The summed E-state index contributed by atoms with van der Waals surface area (Å²) in [6, 6.07) is 15.6. The summed E-state index contributed by atoms with van der Waals surface area (Å²) in [7, 11) is 1.61. The van der Waals surface area contributed by atoms with E-state index in [-0.39, 0.29) is 17.7 Å². The maximum Gasteiger partial charge on any atom is 0.251 e. The Morgan fingerprint density at radius 1 is 1.07 bits per heavy atom. The Hall–Kier alpha value is -3.26. The molecule has 0 aliphatic heterocycles. The monoisotopic (exact) mass is 424 g/mol. The van der Waals surface area contributed by atoms with Crippen LogP contribution in [0.5, 0.6) is 5.75 Å². The van der Waals surface area contributed by atoms with E-state index in [2.05, 4.69) is 20.8 Å². The molecule has 0 fully saturated rings. The highest BCUT2D eigenvalue weighted by molar-refractivity contribution is 7.18. The van der Waals surface area contributed by atoms with Gasteiger partial charge in [-0.2, -0.15) is 0 Å². The van der Waals surface area contributed by atoms with E-state index in [1.165, 1.54) is 11.3 Å². The second-order valence-electron chi connectivity index (χ2n) is 6.83. The standard InChI is InChI=1S/C22H24N4O3S/c1-4-14(2)18(23-19(27)15-8-6-5-7-9-15)20(28)24-22-26-25-21(30-22)16-10-12-17(29-3)13-11-16/h5-14,18H,4H2,1-3H3,(H,23,27)(H,24,26,28). The summed E-state index contributed by atoms with van der Waals surface area (Å²) < 4.78 is 5.16. The summed E-state index contributed by atoms with van der Waals surface area (Å²) in [5.74, 6) is 0.104. The molecule has 1 heterocycles. The van der Waals surface area contributed by atoms with Crippen LogP contribution in [-0.4, -0.2) is 35.2 Å². The number of aromatic nitrogens is 2. The average Bonchev–Trinajstić information content (AvgIpc) is 3.25. The summed E-state index contributed by atoms with van der Waals surface area (Å²) in [4.78, 5) is 25.5. The number of anilines is 1. The van der Waals surface area contributed by atoms with Crippen molar-refractivity contribution in [2.75, 3.05) is 12.4 Å². The van der Waals surface area contributed by atoms with Crippen LogP contribution >= 0.6 is 11.3 Å². The highest BCUT2D eigenvalue weighted by Gasteiger charge is 2.27. The van der Waals surface area contributed by atoms with Gasteiger partial charge in [0.05, 0.1) is 7.11 Å². The molecule has 0 saturated carbocycles. The molecule has 3 aromatic rings. The number of rotatable bonds is 8. The van der Waals surface area contributed by atoms with Gasteiger partial charge in [0.2, 0.25) is 11.0 Å². The zero-order chi connectivity index (χ0) is 21.5. The number of methoxy groups -OCH3 is 1. The molecule has 1 aromatic heterocycles. The molecule has 30 heavy (non-hydrogen) atoms. The second-order valence-corrected chi connectivity index (χ2v) is 7.81.